The van der Waals surface area contributed by atoms with E-state index in [1.54, 1.807) is 17.0 Å². The smallest absolute Gasteiger partial charge is 0.327 e. The van der Waals surface area contributed by atoms with Gasteiger partial charge in [-0.25, -0.2) is 4.79 Å². The first-order valence-corrected chi connectivity index (χ1v) is 11.3. The fourth-order valence-electron chi connectivity index (χ4n) is 4.16. The molecule has 0 aromatic heterocycles. The van der Waals surface area contributed by atoms with Crippen molar-refractivity contribution in [2.24, 2.45) is 0 Å². The Bertz CT molecular complexity index is 950. The first kappa shape index (κ1) is 21.9. The number of fused-ring (bicyclic) bond motifs is 1. The van der Waals surface area contributed by atoms with E-state index in [2.05, 4.69) is 12.2 Å². The molecule has 2 aliphatic heterocycles. The van der Waals surface area contributed by atoms with Crippen LogP contribution < -0.4 is 10.1 Å². The highest BCUT2D eigenvalue weighted by Crippen LogP contribution is 2.28. The lowest BCUT2D eigenvalue weighted by Gasteiger charge is -2.16. The Balaban J connectivity index is 1.24. The molecule has 1 unspecified atom stereocenters. The maximum atomic E-state index is 12.5. The van der Waals surface area contributed by atoms with Crippen molar-refractivity contribution in [1.29, 1.82) is 0 Å². The van der Waals surface area contributed by atoms with Crippen molar-refractivity contribution in [2.75, 3.05) is 25.0 Å². The lowest BCUT2D eigenvalue weighted by Crippen LogP contribution is -2.32. The Morgan fingerprint density at radius 3 is 2.53 bits per heavy atom. The molecule has 2 heterocycles. The van der Waals surface area contributed by atoms with Crippen molar-refractivity contribution in [3.63, 3.8) is 0 Å². The number of Topliss-reactive ketones (excluding diaryl/α,β-unsaturated/α-hetero) is 1. The van der Waals surface area contributed by atoms with Crippen LogP contribution in [0.5, 0.6) is 5.75 Å². The van der Waals surface area contributed by atoms with Gasteiger partial charge in [0.05, 0.1) is 13.2 Å². The molecule has 0 bridgehead atoms. The zero-order chi connectivity index (χ0) is 22.5. The fourth-order valence-corrected chi connectivity index (χ4v) is 4.16. The van der Waals surface area contributed by atoms with Gasteiger partial charge in [0.2, 0.25) is 0 Å². The topological polar surface area (TPSA) is 79.0 Å². The summed E-state index contributed by atoms with van der Waals surface area (Å²) < 4.78 is 5.54. The number of ether oxygens (including phenoxy) is 1. The minimum absolute atomic E-state index is 0.0720. The van der Waals surface area contributed by atoms with E-state index < -0.39 is 0 Å². The number of carbonyl (C=O) groups excluding carboxylic acids is 3. The van der Waals surface area contributed by atoms with E-state index in [-0.39, 0.29) is 23.8 Å². The van der Waals surface area contributed by atoms with Gasteiger partial charge in [0.25, 0.3) is 5.91 Å². The molecule has 0 aliphatic carbocycles. The van der Waals surface area contributed by atoms with E-state index in [1.165, 1.54) is 4.90 Å². The number of benzene rings is 2. The Morgan fingerprint density at radius 1 is 1.09 bits per heavy atom. The summed E-state index contributed by atoms with van der Waals surface area (Å²) in [6, 6.07) is 14.4. The third-order valence-electron chi connectivity index (χ3n) is 5.91. The average Bonchev–Trinajstić information content (AvgIpc) is 3.38. The molecule has 1 N–H and O–H groups in total. The van der Waals surface area contributed by atoms with E-state index in [1.807, 2.05) is 36.4 Å². The Morgan fingerprint density at radius 2 is 1.84 bits per heavy atom. The van der Waals surface area contributed by atoms with Crippen LogP contribution in [0.25, 0.3) is 0 Å². The highest BCUT2D eigenvalue weighted by atomic mass is 16.5. The molecule has 2 aromatic rings. The van der Waals surface area contributed by atoms with E-state index in [0.29, 0.717) is 38.2 Å². The summed E-state index contributed by atoms with van der Waals surface area (Å²) in [4.78, 5) is 40.3. The Labute approximate surface area is 188 Å². The molecule has 2 saturated heterocycles. The van der Waals surface area contributed by atoms with Gasteiger partial charge < -0.3 is 15.0 Å². The van der Waals surface area contributed by atoms with Crippen molar-refractivity contribution in [3.8, 4) is 5.75 Å². The van der Waals surface area contributed by atoms with Gasteiger partial charge in [0, 0.05) is 30.8 Å². The van der Waals surface area contributed by atoms with Crippen LogP contribution in [0.15, 0.2) is 48.5 Å². The van der Waals surface area contributed by atoms with Crippen LogP contribution in [-0.4, -0.2) is 53.3 Å². The number of rotatable bonds is 10. The predicted molar refractivity (Wildman–Crippen MR) is 122 cm³/mol. The summed E-state index contributed by atoms with van der Waals surface area (Å²) in [5.74, 6) is 0.764. The van der Waals surface area contributed by atoms with Gasteiger partial charge in [-0.1, -0.05) is 19.1 Å². The molecule has 0 saturated carbocycles. The molecule has 4 rings (SSSR count). The molecule has 32 heavy (non-hydrogen) atoms. The monoisotopic (exact) mass is 435 g/mol. The highest BCUT2D eigenvalue weighted by Gasteiger charge is 2.47. The van der Waals surface area contributed by atoms with Gasteiger partial charge in [-0.15, -0.1) is 0 Å². The number of hydrogen-bond donors (Lipinski definition) is 1. The fraction of sp³-hybridized carbons (Fsp3) is 0.400. The zero-order valence-electron chi connectivity index (χ0n) is 18.4. The minimum atomic E-state index is -0.263. The first-order chi connectivity index (χ1) is 15.6. The second kappa shape index (κ2) is 9.85. The molecule has 2 aliphatic rings. The molecule has 2 fully saturated rings. The van der Waals surface area contributed by atoms with E-state index in [9.17, 15) is 14.4 Å². The molecule has 0 spiro atoms. The second-order valence-electron chi connectivity index (χ2n) is 8.23. The third-order valence-corrected chi connectivity index (χ3v) is 5.91. The van der Waals surface area contributed by atoms with Crippen molar-refractivity contribution in [2.45, 2.75) is 45.2 Å². The van der Waals surface area contributed by atoms with E-state index in [0.717, 1.165) is 36.3 Å². The molecule has 168 valence electrons. The number of urea groups is 1. The number of hydrogen-bond acceptors (Lipinski definition) is 5. The number of anilines is 1. The molecular weight excluding hydrogens is 406 g/mol. The summed E-state index contributed by atoms with van der Waals surface area (Å²) >= 11 is 0. The van der Waals surface area contributed by atoms with Crippen LogP contribution in [0.3, 0.4) is 0 Å². The maximum Gasteiger partial charge on any atom is 0.327 e. The van der Waals surface area contributed by atoms with Crippen LogP contribution in [0, 0.1) is 0 Å². The summed E-state index contributed by atoms with van der Waals surface area (Å²) in [5, 5.41) is 3.25. The van der Waals surface area contributed by atoms with Gasteiger partial charge in [0.15, 0.2) is 5.78 Å². The largest absolute Gasteiger partial charge is 0.494 e. The van der Waals surface area contributed by atoms with E-state index in [4.69, 9.17) is 4.74 Å². The molecule has 3 amide bonds. The number of imide groups is 1. The number of carbonyl (C=O) groups is 3. The lowest BCUT2D eigenvalue weighted by atomic mass is 10.1. The van der Waals surface area contributed by atoms with Crippen molar-refractivity contribution in [3.05, 3.63) is 59.7 Å². The van der Waals surface area contributed by atoms with Crippen LogP contribution in [-0.2, 0) is 11.3 Å². The SMILES string of the molecule is CCCOc1ccc(C(=O)CCNc2ccc(CN3C(=O)C4CCCN4C3=O)cc2)cc1. The summed E-state index contributed by atoms with van der Waals surface area (Å²) in [6.45, 7) is 4.20. The Kier molecular flexibility index (Phi) is 6.73. The van der Waals surface area contributed by atoms with Gasteiger partial charge >= 0.3 is 6.03 Å². The second-order valence-corrected chi connectivity index (χ2v) is 8.23. The number of amides is 3. The summed E-state index contributed by atoms with van der Waals surface area (Å²) in [5.41, 5.74) is 2.47. The zero-order valence-corrected chi connectivity index (χ0v) is 18.4. The molecule has 7 heteroatoms. The van der Waals surface area contributed by atoms with Crippen LogP contribution in [0.2, 0.25) is 0 Å². The van der Waals surface area contributed by atoms with Crippen molar-refractivity contribution < 1.29 is 19.1 Å². The highest BCUT2D eigenvalue weighted by molar-refractivity contribution is 6.04. The standard InChI is InChI=1S/C25H29N3O4/c1-2-16-32-21-11-7-19(8-12-21)23(29)13-14-26-20-9-5-18(6-10-20)17-28-24(30)22-4-3-15-27(22)25(28)31/h5-12,22,26H,2-4,13-17H2,1H3. The predicted octanol–water partition coefficient (Wildman–Crippen LogP) is 4.09. The average molecular weight is 436 g/mol. The maximum absolute atomic E-state index is 12.5. The molecule has 2 aromatic carbocycles. The van der Waals surface area contributed by atoms with Crippen LogP contribution in [0.1, 0.15) is 48.5 Å². The molecule has 1 atom stereocenters. The quantitative estimate of drug-likeness (QED) is 0.449. The molecule has 0 radical (unpaired) electrons. The van der Waals surface area contributed by atoms with Crippen molar-refractivity contribution >= 4 is 23.4 Å². The molecule has 7 nitrogen and oxygen atoms in total. The number of nitrogens with one attached hydrogen (secondary N) is 1. The van der Waals surface area contributed by atoms with Crippen LogP contribution in [0.4, 0.5) is 10.5 Å². The number of ketones is 1. The van der Waals surface area contributed by atoms with Crippen molar-refractivity contribution in [1.82, 2.24) is 9.80 Å². The van der Waals surface area contributed by atoms with Crippen LogP contribution >= 0.6 is 0 Å². The van der Waals surface area contributed by atoms with Gasteiger partial charge in [-0.3, -0.25) is 14.5 Å². The third kappa shape index (κ3) is 4.77. The lowest BCUT2D eigenvalue weighted by molar-refractivity contribution is -0.128. The van der Waals surface area contributed by atoms with Gasteiger partial charge in [-0.2, -0.15) is 0 Å². The summed E-state index contributed by atoms with van der Waals surface area (Å²) in [6.07, 6.45) is 2.99. The normalized spacial score (nSPS) is 17.6. The minimum Gasteiger partial charge on any atom is -0.494 e. The van der Waals surface area contributed by atoms with Gasteiger partial charge in [0.1, 0.15) is 11.8 Å². The van der Waals surface area contributed by atoms with Gasteiger partial charge in [-0.05, 0) is 61.2 Å². The van der Waals surface area contributed by atoms with E-state index >= 15 is 0 Å². The first-order valence-electron chi connectivity index (χ1n) is 11.3. The number of nitrogens with zero attached hydrogens (tertiary/aromatic N) is 2. The summed E-state index contributed by atoms with van der Waals surface area (Å²) in [7, 11) is 0. The molecular formula is C25H29N3O4. The Hall–Kier alpha value is -3.35.